The number of carbonyl (C=O) groups is 1. The molecule has 7 rings (SSSR count). The summed E-state index contributed by atoms with van der Waals surface area (Å²) in [7, 11) is 0. The number of piperidine rings is 1. The molecule has 4 aromatic rings. The van der Waals surface area contributed by atoms with Crippen molar-refractivity contribution in [2.24, 2.45) is 5.41 Å². The Balaban J connectivity index is 0.973. The zero-order chi connectivity index (χ0) is 32.1. The number of nitriles is 1. The molecule has 1 spiro atoms. The number of aromatic nitrogens is 3. The number of hydrogen-bond acceptors (Lipinski definition) is 8. The van der Waals surface area contributed by atoms with Crippen molar-refractivity contribution < 1.29 is 18.0 Å². The highest BCUT2D eigenvalue weighted by molar-refractivity contribution is 7.18. The van der Waals surface area contributed by atoms with Crippen LogP contribution in [-0.2, 0) is 24.3 Å². The normalized spacial score (nSPS) is 21.5. The zero-order valence-electron chi connectivity index (χ0n) is 25.8. The molecule has 6 heterocycles. The van der Waals surface area contributed by atoms with E-state index in [1.54, 1.807) is 6.07 Å². The molecule has 2 N–H and O–H groups in total. The van der Waals surface area contributed by atoms with E-state index in [0.717, 1.165) is 93.9 Å². The number of thiophene rings is 1. The Bertz CT molecular complexity index is 1820. The van der Waals surface area contributed by atoms with E-state index in [-0.39, 0.29) is 22.2 Å². The van der Waals surface area contributed by atoms with E-state index in [9.17, 15) is 23.2 Å². The molecule has 0 bridgehead atoms. The third kappa shape index (κ3) is 6.30. The predicted octanol–water partition coefficient (Wildman–Crippen LogP) is 5.22. The number of halogens is 3. The summed E-state index contributed by atoms with van der Waals surface area (Å²) in [5.41, 5.74) is 4.26. The van der Waals surface area contributed by atoms with E-state index in [2.05, 4.69) is 60.1 Å². The number of likely N-dealkylation sites (tertiary alicyclic amines) is 2. The van der Waals surface area contributed by atoms with Crippen LogP contribution in [-0.4, -0.2) is 81.7 Å². The topological polar surface area (TPSA) is 102 Å². The first-order chi connectivity index (χ1) is 22.1. The SMILES string of the molecule is Cc1c(CN2CCC(Nc3ncnc4sc(CC(F)(F)F)cc34)CC2)ccc2c1cc(C#N)n2CCN1CCC2(CNC(=O)C2)C1. The van der Waals surface area contributed by atoms with Crippen molar-refractivity contribution in [3.05, 3.63) is 52.3 Å². The van der Waals surface area contributed by atoms with Gasteiger partial charge in [-0.3, -0.25) is 9.69 Å². The molecule has 3 aromatic heterocycles. The first kappa shape index (κ1) is 30.9. The standard InChI is InChI=1S/C33H37F3N8OS/c1-21-22(2-3-28-26(21)12-24(16-37)44(28)11-10-43-9-6-32(19-43)15-29(45)38-18-32)17-42-7-4-23(5-8-42)41-30-27-13-25(14-33(34,35)36)46-31(27)40-20-39-30/h2-3,12-13,20,23H,4-11,14-15,17-19H2,1H3,(H,38,45)(H,39,40,41). The lowest BCUT2D eigenvalue weighted by molar-refractivity contribution is -0.126. The van der Waals surface area contributed by atoms with Crippen LogP contribution in [0.3, 0.4) is 0 Å². The van der Waals surface area contributed by atoms with Crippen LogP contribution in [0.2, 0.25) is 0 Å². The molecular weight excluding hydrogens is 613 g/mol. The van der Waals surface area contributed by atoms with Crippen LogP contribution >= 0.6 is 11.3 Å². The molecule has 3 fully saturated rings. The van der Waals surface area contributed by atoms with Crippen molar-refractivity contribution in [2.45, 2.75) is 64.3 Å². The first-order valence-corrected chi connectivity index (χ1v) is 16.7. The Morgan fingerprint density at radius 3 is 2.70 bits per heavy atom. The summed E-state index contributed by atoms with van der Waals surface area (Å²) in [4.78, 5) is 26.0. The summed E-state index contributed by atoms with van der Waals surface area (Å²) in [5.74, 6) is 0.755. The Morgan fingerprint density at radius 1 is 1.13 bits per heavy atom. The molecular formula is C33H37F3N8OS. The van der Waals surface area contributed by atoms with Crippen molar-refractivity contribution in [2.75, 3.05) is 44.6 Å². The number of anilines is 1. The van der Waals surface area contributed by atoms with Crippen molar-refractivity contribution in [1.29, 1.82) is 5.26 Å². The highest BCUT2D eigenvalue weighted by atomic mass is 32.1. The lowest BCUT2D eigenvalue weighted by Crippen LogP contribution is -2.39. The number of amides is 1. The number of hydrogen-bond donors (Lipinski definition) is 2. The second kappa shape index (κ2) is 12.1. The van der Waals surface area contributed by atoms with Crippen LogP contribution in [0.25, 0.3) is 21.1 Å². The van der Waals surface area contributed by atoms with Gasteiger partial charge in [-0.1, -0.05) is 6.07 Å². The Labute approximate surface area is 269 Å². The van der Waals surface area contributed by atoms with Crippen molar-refractivity contribution in [3.8, 4) is 6.07 Å². The summed E-state index contributed by atoms with van der Waals surface area (Å²) in [6, 6.07) is 10.5. The van der Waals surface area contributed by atoms with Crippen LogP contribution in [0.5, 0.6) is 0 Å². The number of fused-ring (bicyclic) bond motifs is 2. The maximum absolute atomic E-state index is 12.9. The summed E-state index contributed by atoms with van der Waals surface area (Å²) < 4.78 is 40.9. The number of nitrogens with zero attached hydrogens (tertiary/aromatic N) is 6. The quantitative estimate of drug-likeness (QED) is 0.270. The molecule has 242 valence electrons. The first-order valence-electron chi connectivity index (χ1n) is 15.9. The average Bonchev–Trinajstić information content (AvgIpc) is 3.79. The molecule has 9 nitrogen and oxygen atoms in total. The van der Waals surface area contributed by atoms with E-state index < -0.39 is 12.6 Å². The molecule has 3 saturated heterocycles. The van der Waals surface area contributed by atoms with E-state index in [1.807, 2.05) is 6.07 Å². The van der Waals surface area contributed by atoms with Crippen molar-refractivity contribution in [3.63, 3.8) is 0 Å². The van der Waals surface area contributed by atoms with Gasteiger partial charge in [-0.05, 0) is 62.1 Å². The summed E-state index contributed by atoms with van der Waals surface area (Å²) in [5, 5.41) is 18.2. The van der Waals surface area contributed by atoms with Gasteiger partial charge in [0.1, 0.15) is 28.7 Å². The van der Waals surface area contributed by atoms with Gasteiger partial charge in [0.15, 0.2) is 0 Å². The van der Waals surface area contributed by atoms with Gasteiger partial charge in [-0.15, -0.1) is 11.3 Å². The van der Waals surface area contributed by atoms with E-state index in [0.29, 0.717) is 28.1 Å². The molecule has 1 unspecified atom stereocenters. The van der Waals surface area contributed by atoms with Gasteiger partial charge < -0.3 is 20.1 Å². The molecule has 3 aliphatic heterocycles. The molecule has 1 aromatic carbocycles. The van der Waals surface area contributed by atoms with Crippen LogP contribution in [0.15, 0.2) is 30.6 Å². The largest absolute Gasteiger partial charge is 0.393 e. The fourth-order valence-corrected chi connectivity index (χ4v) is 8.53. The number of alkyl halides is 3. The molecule has 46 heavy (non-hydrogen) atoms. The number of rotatable bonds is 8. The van der Waals surface area contributed by atoms with Crippen molar-refractivity contribution >= 4 is 44.2 Å². The smallest absolute Gasteiger partial charge is 0.367 e. The van der Waals surface area contributed by atoms with Gasteiger partial charge in [0.05, 0.1) is 11.8 Å². The number of nitrogens with one attached hydrogen (secondary N) is 2. The Hall–Kier alpha value is -3.73. The number of aryl methyl sites for hydroxylation is 1. The molecule has 0 radical (unpaired) electrons. The minimum atomic E-state index is -4.26. The van der Waals surface area contributed by atoms with Crippen molar-refractivity contribution in [1.82, 2.24) is 29.7 Å². The molecule has 1 amide bonds. The minimum Gasteiger partial charge on any atom is -0.367 e. The minimum absolute atomic E-state index is 0.0695. The molecule has 0 saturated carbocycles. The lowest BCUT2D eigenvalue weighted by atomic mass is 9.86. The Kier molecular flexibility index (Phi) is 8.15. The van der Waals surface area contributed by atoms with Gasteiger partial charge in [0.2, 0.25) is 5.91 Å². The highest BCUT2D eigenvalue weighted by Crippen LogP contribution is 2.37. The van der Waals surface area contributed by atoms with Gasteiger partial charge in [0.25, 0.3) is 0 Å². The van der Waals surface area contributed by atoms with Gasteiger partial charge in [0, 0.05) is 79.5 Å². The number of carbonyl (C=O) groups excluding carboxylic acids is 1. The molecule has 3 aliphatic rings. The zero-order valence-corrected chi connectivity index (χ0v) is 26.6. The van der Waals surface area contributed by atoms with E-state index in [4.69, 9.17) is 0 Å². The van der Waals surface area contributed by atoms with Gasteiger partial charge >= 0.3 is 6.18 Å². The lowest BCUT2D eigenvalue weighted by Gasteiger charge is -2.33. The maximum Gasteiger partial charge on any atom is 0.393 e. The van der Waals surface area contributed by atoms with Gasteiger partial charge in [-0.25, -0.2) is 9.97 Å². The maximum atomic E-state index is 12.9. The molecule has 13 heteroatoms. The monoisotopic (exact) mass is 650 g/mol. The summed E-state index contributed by atoms with van der Waals surface area (Å²) >= 11 is 1.07. The third-order valence-electron chi connectivity index (χ3n) is 10.0. The second-order valence-corrected chi connectivity index (χ2v) is 14.3. The fourth-order valence-electron chi connectivity index (χ4n) is 7.50. The Morgan fingerprint density at radius 2 is 1.96 bits per heavy atom. The second-order valence-electron chi connectivity index (χ2n) is 13.2. The number of benzene rings is 1. The summed E-state index contributed by atoms with van der Waals surface area (Å²) in [6.45, 7) is 8.96. The van der Waals surface area contributed by atoms with E-state index >= 15 is 0 Å². The molecule has 0 aliphatic carbocycles. The molecule has 1 atom stereocenters. The highest BCUT2D eigenvalue weighted by Gasteiger charge is 2.43. The van der Waals surface area contributed by atoms with E-state index in [1.165, 1.54) is 17.5 Å². The van der Waals surface area contributed by atoms with Crippen LogP contribution in [0.4, 0.5) is 19.0 Å². The third-order valence-corrected chi connectivity index (χ3v) is 11.1. The average molecular weight is 651 g/mol. The summed E-state index contributed by atoms with van der Waals surface area (Å²) in [6.07, 6.45) is -0.367. The van der Waals surface area contributed by atoms with Crippen LogP contribution in [0.1, 0.15) is 47.4 Å². The van der Waals surface area contributed by atoms with Gasteiger partial charge in [-0.2, -0.15) is 18.4 Å². The van der Waals surface area contributed by atoms with Crippen LogP contribution < -0.4 is 10.6 Å². The van der Waals surface area contributed by atoms with Crippen LogP contribution in [0, 0.1) is 23.7 Å². The predicted molar refractivity (Wildman–Crippen MR) is 172 cm³/mol. The fraction of sp³-hybridized carbons (Fsp3) is 0.515.